The molecule has 2 N–H and O–H groups in total. The van der Waals surface area contributed by atoms with Crippen molar-refractivity contribution in [3.8, 4) is 11.4 Å². The molecular formula is C21H18N4O2. The van der Waals surface area contributed by atoms with E-state index in [0.29, 0.717) is 11.4 Å². The molecule has 5 rings (SSSR count). The van der Waals surface area contributed by atoms with Gasteiger partial charge in [-0.2, -0.15) is 0 Å². The largest absolute Gasteiger partial charge is 0.345 e. The van der Waals surface area contributed by atoms with Gasteiger partial charge in [-0.3, -0.25) is 9.15 Å². The van der Waals surface area contributed by atoms with Crippen molar-refractivity contribution in [2.75, 3.05) is 5.32 Å². The van der Waals surface area contributed by atoms with E-state index in [-0.39, 0.29) is 0 Å². The summed E-state index contributed by atoms with van der Waals surface area (Å²) in [7, 11) is 0. The molecule has 3 aromatic heterocycles. The Kier molecular flexibility index (Phi) is 3.50. The molecule has 5 aromatic rings. The van der Waals surface area contributed by atoms with Crippen LogP contribution in [0.1, 0.15) is 18.2 Å². The highest BCUT2D eigenvalue weighted by atomic mass is 17.0. The molecule has 0 spiro atoms. The van der Waals surface area contributed by atoms with E-state index in [0.717, 1.165) is 40.1 Å². The Morgan fingerprint density at radius 1 is 1.00 bits per heavy atom. The first-order valence-corrected chi connectivity index (χ1v) is 8.92. The lowest BCUT2D eigenvalue weighted by Crippen LogP contribution is -2.00. The number of rotatable bonds is 4. The molecule has 0 amide bonds. The van der Waals surface area contributed by atoms with Gasteiger partial charge in [0.1, 0.15) is 11.6 Å². The Morgan fingerprint density at radius 3 is 2.59 bits per heavy atom. The maximum absolute atomic E-state index is 5.00. The zero-order valence-electron chi connectivity index (χ0n) is 15.0. The normalized spacial score (nSPS) is 11.5. The number of aromatic amines is 1. The molecule has 3 heterocycles. The molecule has 0 aliphatic rings. The number of aromatic nitrogens is 3. The highest BCUT2D eigenvalue weighted by Gasteiger charge is 2.13. The summed E-state index contributed by atoms with van der Waals surface area (Å²) in [5, 5.41) is 4.40. The van der Waals surface area contributed by atoms with E-state index >= 15 is 0 Å². The molecule has 0 fully saturated rings. The maximum atomic E-state index is 5.00. The molecule has 0 saturated heterocycles. The molecule has 134 valence electrons. The Labute approximate surface area is 155 Å². The minimum atomic E-state index is 0.633. The molecule has 0 unspecified atom stereocenters. The monoisotopic (exact) mass is 358 g/mol. The van der Waals surface area contributed by atoms with Crippen LogP contribution in [-0.2, 0) is 6.42 Å². The van der Waals surface area contributed by atoms with Gasteiger partial charge in [0.15, 0.2) is 5.82 Å². The van der Waals surface area contributed by atoms with Crippen molar-refractivity contribution < 1.29 is 9.15 Å². The van der Waals surface area contributed by atoms with Crippen molar-refractivity contribution in [2.45, 2.75) is 20.3 Å². The van der Waals surface area contributed by atoms with Crippen LogP contribution >= 0.6 is 0 Å². The van der Waals surface area contributed by atoms with Gasteiger partial charge < -0.3 is 10.3 Å². The van der Waals surface area contributed by atoms with Crippen molar-refractivity contribution in [3.05, 3.63) is 59.8 Å². The van der Waals surface area contributed by atoms with E-state index in [9.17, 15) is 0 Å². The molecule has 6 nitrogen and oxygen atoms in total. The van der Waals surface area contributed by atoms with E-state index < -0.39 is 0 Å². The molecule has 2 aromatic carbocycles. The maximum Gasteiger partial charge on any atom is 0.226 e. The second kappa shape index (κ2) is 6.02. The smallest absolute Gasteiger partial charge is 0.226 e. The number of fused-ring (bicyclic) bond motifs is 2. The van der Waals surface area contributed by atoms with Crippen LogP contribution in [0.2, 0.25) is 0 Å². The third kappa shape index (κ3) is 2.66. The first kappa shape index (κ1) is 15.7. The summed E-state index contributed by atoms with van der Waals surface area (Å²) in [6, 6.07) is 15.8. The molecule has 0 bridgehead atoms. The van der Waals surface area contributed by atoms with Gasteiger partial charge in [-0.25, -0.2) is 9.97 Å². The van der Waals surface area contributed by atoms with Crippen LogP contribution in [0, 0.1) is 6.92 Å². The van der Waals surface area contributed by atoms with E-state index in [4.69, 9.17) is 19.1 Å². The zero-order valence-corrected chi connectivity index (χ0v) is 15.0. The zero-order chi connectivity index (χ0) is 18.4. The van der Waals surface area contributed by atoms with Gasteiger partial charge >= 0.3 is 0 Å². The van der Waals surface area contributed by atoms with Crippen LogP contribution in [0.4, 0.5) is 11.6 Å². The van der Waals surface area contributed by atoms with Gasteiger partial charge in [-0.15, -0.1) is 0 Å². The fraction of sp³-hybridized carbons (Fsp3) is 0.143. The lowest BCUT2D eigenvalue weighted by Gasteiger charge is -2.10. The van der Waals surface area contributed by atoms with Crippen LogP contribution in [0.25, 0.3) is 33.5 Å². The third-order valence-electron chi connectivity index (χ3n) is 4.76. The molecule has 0 aliphatic heterocycles. The van der Waals surface area contributed by atoms with Gasteiger partial charge in [0.05, 0.1) is 5.52 Å². The average molecular weight is 358 g/mol. The number of hydrogen-bond donors (Lipinski definition) is 2. The SMILES string of the molecule is CCc1[nH]c(Nc2nc(-c3ccc4ooc4c3)nc3ccccc23)cc1C. The van der Waals surface area contributed by atoms with Crippen molar-refractivity contribution in [2.24, 2.45) is 0 Å². The molecule has 0 radical (unpaired) electrons. The first-order chi connectivity index (χ1) is 13.2. The third-order valence-corrected chi connectivity index (χ3v) is 4.76. The molecule has 27 heavy (non-hydrogen) atoms. The van der Waals surface area contributed by atoms with Crippen molar-refractivity contribution >= 4 is 33.7 Å². The minimum absolute atomic E-state index is 0.633. The lowest BCUT2D eigenvalue weighted by atomic mass is 10.1. The van der Waals surface area contributed by atoms with Gasteiger partial charge in [-0.05, 0) is 49.2 Å². The van der Waals surface area contributed by atoms with E-state index in [1.165, 1.54) is 11.3 Å². The second-order valence-electron chi connectivity index (χ2n) is 6.56. The first-order valence-electron chi connectivity index (χ1n) is 8.92. The number of anilines is 2. The van der Waals surface area contributed by atoms with Gasteiger partial charge in [0.2, 0.25) is 11.2 Å². The fourth-order valence-electron chi connectivity index (χ4n) is 3.30. The number of nitrogens with zero attached hydrogens (tertiary/aromatic N) is 2. The lowest BCUT2D eigenvalue weighted by molar-refractivity contribution is 0.0590. The van der Waals surface area contributed by atoms with Crippen LogP contribution in [0.15, 0.2) is 57.7 Å². The molecule has 0 atom stereocenters. The van der Waals surface area contributed by atoms with Gasteiger partial charge in [-0.1, -0.05) is 19.1 Å². The number of aryl methyl sites for hydroxylation is 2. The summed E-state index contributed by atoms with van der Waals surface area (Å²) in [6.07, 6.45) is 0.959. The summed E-state index contributed by atoms with van der Waals surface area (Å²) < 4.78 is 9.91. The Morgan fingerprint density at radius 2 is 1.85 bits per heavy atom. The standard InChI is InChI=1S/C21H18N4O2/c1-3-15-12(2)10-19(22-15)24-21-14-6-4-5-7-16(14)23-20(25-21)13-8-9-17-18(11-13)27-26-17/h4-11,22H,3H2,1-2H3,(H,23,24,25). The minimum Gasteiger partial charge on any atom is -0.345 e. The molecular weight excluding hydrogens is 340 g/mol. The van der Waals surface area contributed by atoms with Gasteiger partial charge in [0, 0.05) is 22.7 Å². The van der Waals surface area contributed by atoms with Crippen molar-refractivity contribution in [3.63, 3.8) is 0 Å². The summed E-state index contributed by atoms with van der Waals surface area (Å²) in [5.41, 5.74) is 5.64. The summed E-state index contributed by atoms with van der Waals surface area (Å²) in [6.45, 7) is 4.24. The van der Waals surface area contributed by atoms with E-state index in [2.05, 4.69) is 30.2 Å². The number of H-pyrrole nitrogens is 1. The predicted octanol–water partition coefficient (Wildman–Crippen LogP) is 5.58. The highest BCUT2D eigenvalue weighted by Crippen LogP contribution is 2.30. The van der Waals surface area contributed by atoms with Crippen LogP contribution < -0.4 is 5.32 Å². The Bertz CT molecular complexity index is 1260. The van der Waals surface area contributed by atoms with Crippen molar-refractivity contribution in [1.82, 2.24) is 15.0 Å². The number of hydrogen-bond acceptors (Lipinski definition) is 5. The summed E-state index contributed by atoms with van der Waals surface area (Å²) >= 11 is 0. The summed E-state index contributed by atoms with van der Waals surface area (Å²) in [5.74, 6) is 2.32. The average Bonchev–Trinajstić information content (AvgIpc) is 3.02. The van der Waals surface area contributed by atoms with Crippen molar-refractivity contribution in [1.29, 1.82) is 0 Å². The van der Waals surface area contributed by atoms with Crippen LogP contribution in [0.5, 0.6) is 0 Å². The topological polar surface area (TPSA) is 79.9 Å². The number of para-hydroxylation sites is 1. The van der Waals surface area contributed by atoms with Crippen LogP contribution in [-0.4, -0.2) is 15.0 Å². The van der Waals surface area contributed by atoms with E-state index in [1.807, 2.05) is 42.5 Å². The quantitative estimate of drug-likeness (QED) is 0.410. The Balaban J connectivity index is 1.63. The highest BCUT2D eigenvalue weighted by molar-refractivity contribution is 5.92. The molecule has 0 saturated carbocycles. The number of benzene rings is 2. The number of nitrogens with one attached hydrogen (secondary N) is 2. The molecule has 0 aliphatic carbocycles. The summed E-state index contributed by atoms with van der Waals surface area (Å²) in [4.78, 5) is 12.9. The van der Waals surface area contributed by atoms with E-state index in [1.54, 1.807) is 0 Å². The molecule has 6 heteroatoms. The fourth-order valence-corrected chi connectivity index (χ4v) is 3.30. The van der Waals surface area contributed by atoms with Crippen LogP contribution in [0.3, 0.4) is 0 Å². The Hall–Kier alpha value is -3.54. The predicted molar refractivity (Wildman–Crippen MR) is 105 cm³/mol. The second-order valence-corrected chi connectivity index (χ2v) is 6.56. The van der Waals surface area contributed by atoms with Gasteiger partial charge in [0.25, 0.3) is 0 Å².